The summed E-state index contributed by atoms with van der Waals surface area (Å²) in [6.45, 7) is 4.41. The van der Waals surface area contributed by atoms with E-state index in [-0.39, 0.29) is 0 Å². The van der Waals surface area contributed by atoms with Crippen molar-refractivity contribution in [3.63, 3.8) is 0 Å². The zero-order valence-corrected chi connectivity index (χ0v) is 12.4. The highest BCUT2D eigenvalue weighted by molar-refractivity contribution is 5.32. The van der Waals surface area contributed by atoms with Crippen molar-refractivity contribution in [2.75, 3.05) is 31.6 Å². The number of aromatic nitrogens is 2. The van der Waals surface area contributed by atoms with Crippen LogP contribution in [0.5, 0.6) is 0 Å². The number of hydrogen-bond donors (Lipinski definition) is 1. The Morgan fingerprint density at radius 1 is 1.10 bits per heavy atom. The normalized spacial score (nSPS) is 34.0. The lowest BCUT2D eigenvalue weighted by Crippen LogP contribution is -2.39. The number of ether oxygens (including phenoxy) is 1. The minimum absolute atomic E-state index is 0.566. The largest absolute Gasteiger partial charge is 0.381 e. The molecule has 21 heavy (non-hydrogen) atoms. The van der Waals surface area contributed by atoms with Crippen LogP contribution in [0.2, 0.25) is 0 Å². The number of likely N-dealkylation sites (tertiary alicyclic amines) is 1. The fourth-order valence-electron chi connectivity index (χ4n) is 4.39. The average molecular weight is 288 g/mol. The molecule has 0 amide bonds. The Morgan fingerprint density at radius 2 is 2.00 bits per heavy atom. The molecular formula is C16H24N4O. The van der Waals surface area contributed by atoms with Gasteiger partial charge in [0.05, 0.1) is 6.20 Å². The van der Waals surface area contributed by atoms with Crippen LogP contribution in [0.15, 0.2) is 18.6 Å². The fraction of sp³-hybridized carbons (Fsp3) is 0.750. The summed E-state index contributed by atoms with van der Waals surface area (Å²) >= 11 is 0. The van der Waals surface area contributed by atoms with Crippen molar-refractivity contribution in [2.24, 2.45) is 11.8 Å². The highest BCUT2D eigenvalue weighted by Gasteiger charge is 2.44. The molecule has 1 saturated carbocycles. The second-order valence-electron chi connectivity index (χ2n) is 6.64. The maximum atomic E-state index is 5.50. The molecule has 1 aromatic rings. The number of hydrogen-bond acceptors (Lipinski definition) is 5. The van der Waals surface area contributed by atoms with Gasteiger partial charge in [0.2, 0.25) is 0 Å². The van der Waals surface area contributed by atoms with Gasteiger partial charge in [-0.3, -0.25) is 9.88 Å². The SMILES string of the molecule is c1cnc(N[C@@H]2CC[C@@H]3CN(C4CCOCC4)C[C@@H]32)cn1. The van der Waals surface area contributed by atoms with E-state index in [0.717, 1.165) is 36.9 Å². The number of nitrogens with one attached hydrogen (secondary N) is 1. The molecule has 114 valence electrons. The van der Waals surface area contributed by atoms with Crippen LogP contribution in [0.4, 0.5) is 5.82 Å². The maximum Gasteiger partial charge on any atom is 0.144 e. The van der Waals surface area contributed by atoms with E-state index in [0.29, 0.717) is 6.04 Å². The van der Waals surface area contributed by atoms with Crippen molar-refractivity contribution in [2.45, 2.75) is 37.8 Å². The lowest BCUT2D eigenvalue weighted by Gasteiger charge is -2.32. The molecular weight excluding hydrogens is 264 g/mol. The Labute approximate surface area is 126 Å². The van der Waals surface area contributed by atoms with Gasteiger partial charge in [-0.15, -0.1) is 0 Å². The summed E-state index contributed by atoms with van der Waals surface area (Å²) in [5.74, 6) is 2.56. The van der Waals surface area contributed by atoms with Crippen molar-refractivity contribution in [3.05, 3.63) is 18.6 Å². The van der Waals surface area contributed by atoms with Gasteiger partial charge in [0.1, 0.15) is 5.82 Å². The molecule has 0 radical (unpaired) electrons. The van der Waals surface area contributed by atoms with Crippen molar-refractivity contribution in [1.29, 1.82) is 0 Å². The smallest absolute Gasteiger partial charge is 0.144 e. The van der Waals surface area contributed by atoms with Gasteiger partial charge >= 0.3 is 0 Å². The summed E-state index contributed by atoms with van der Waals surface area (Å²) in [6.07, 6.45) is 10.4. The highest BCUT2D eigenvalue weighted by atomic mass is 16.5. The zero-order valence-electron chi connectivity index (χ0n) is 12.4. The first-order valence-electron chi connectivity index (χ1n) is 8.24. The second kappa shape index (κ2) is 5.89. The van der Waals surface area contributed by atoms with Crippen molar-refractivity contribution in [3.8, 4) is 0 Å². The third-order valence-corrected chi connectivity index (χ3v) is 5.49. The van der Waals surface area contributed by atoms with Crippen molar-refractivity contribution >= 4 is 5.82 Å². The topological polar surface area (TPSA) is 50.3 Å². The molecule has 3 heterocycles. The number of nitrogens with zero attached hydrogens (tertiary/aromatic N) is 3. The molecule has 5 heteroatoms. The van der Waals surface area contributed by atoms with E-state index in [1.54, 1.807) is 12.4 Å². The predicted octanol–water partition coefficient (Wildman–Crippen LogP) is 1.78. The van der Waals surface area contributed by atoms with Crippen LogP contribution < -0.4 is 5.32 Å². The Balaban J connectivity index is 1.39. The van der Waals surface area contributed by atoms with Crippen LogP contribution in [0, 0.1) is 11.8 Å². The van der Waals surface area contributed by atoms with Crippen LogP contribution in [0.25, 0.3) is 0 Å². The van der Waals surface area contributed by atoms with Gasteiger partial charge in [-0.25, -0.2) is 4.98 Å². The monoisotopic (exact) mass is 288 g/mol. The molecule has 0 bridgehead atoms. The molecule has 3 aliphatic rings. The minimum atomic E-state index is 0.566. The lowest BCUT2D eigenvalue weighted by atomic mass is 9.98. The third-order valence-electron chi connectivity index (χ3n) is 5.49. The van der Waals surface area contributed by atoms with Crippen molar-refractivity contribution in [1.82, 2.24) is 14.9 Å². The zero-order chi connectivity index (χ0) is 14.1. The van der Waals surface area contributed by atoms with Gasteiger partial charge in [0.15, 0.2) is 0 Å². The molecule has 3 fully saturated rings. The summed E-state index contributed by atoms with van der Waals surface area (Å²) in [6, 6.07) is 1.32. The Bertz CT molecular complexity index is 463. The predicted molar refractivity (Wildman–Crippen MR) is 81.1 cm³/mol. The summed E-state index contributed by atoms with van der Waals surface area (Å²) in [4.78, 5) is 11.2. The number of fused-ring (bicyclic) bond motifs is 1. The second-order valence-corrected chi connectivity index (χ2v) is 6.64. The molecule has 3 atom stereocenters. The quantitative estimate of drug-likeness (QED) is 0.919. The molecule has 0 unspecified atom stereocenters. The van der Waals surface area contributed by atoms with Crippen LogP contribution in [0.1, 0.15) is 25.7 Å². The van der Waals surface area contributed by atoms with Crippen molar-refractivity contribution < 1.29 is 4.74 Å². The summed E-state index contributed by atoms with van der Waals surface area (Å²) in [5.41, 5.74) is 0. The Hall–Kier alpha value is -1.20. The summed E-state index contributed by atoms with van der Waals surface area (Å²) < 4.78 is 5.50. The molecule has 0 spiro atoms. The van der Waals surface area contributed by atoms with E-state index in [9.17, 15) is 0 Å². The lowest BCUT2D eigenvalue weighted by molar-refractivity contribution is 0.0396. The average Bonchev–Trinajstić information content (AvgIpc) is 3.11. The van der Waals surface area contributed by atoms with Gasteiger partial charge in [0, 0.05) is 50.8 Å². The van der Waals surface area contributed by atoms with Crippen LogP contribution in [-0.4, -0.2) is 53.3 Å². The molecule has 5 nitrogen and oxygen atoms in total. The Kier molecular flexibility index (Phi) is 3.78. The van der Waals surface area contributed by atoms with Gasteiger partial charge in [-0.1, -0.05) is 0 Å². The summed E-state index contributed by atoms with van der Waals surface area (Å²) in [5, 5.41) is 3.61. The van der Waals surface area contributed by atoms with Crippen LogP contribution in [-0.2, 0) is 4.74 Å². The standard InChI is InChI=1S/C16H24N4O/c1-2-15(19-16-9-17-5-6-18-16)14-11-20(10-12(1)14)13-3-7-21-8-4-13/h5-6,9,12-15H,1-4,7-8,10-11H2,(H,18,19)/t12-,14+,15-/m1/s1. The molecule has 1 aliphatic carbocycles. The van der Waals surface area contributed by atoms with E-state index >= 15 is 0 Å². The fourth-order valence-corrected chi connectivity index (χ4v) is 4.39. The van der Waals surface area contributed by atoms with Gasteiger partial charge in [-0.2, -0.15) is 0 Å². The molecule has 2 saturated heterocycles. The molecule has 1 aromatic heterocycles. The molecule has 0 aromatic carbocycles. The third kappa shape index (κ3) is 2.77. The first-order chi connectivity index (χ1) is 10.4. The van der Waals surface area contributed by atoms with E-state index in [1.165, 1.54) is 38.8 Å². The minimum Gasteiger partial charge on any atom is -0.381 e. The van der Waals surface area contributed by atoms with E-state index < -0.39 is 0 Å². The first-order valence-corrected chi connectivity index (χ1v) is 8.24. The maximum absolute atomic E-state index is 5.50. The van der Waals surface area contributed by atoms with E-state index in [4.69, 9.17) is 4.74 Å². The van der Waals surface area contributed by atoms with E-state index in [2.05, 4.69) is 20.2 Å². The van der Waals surface area contributed by atoms with Gasteiger partial charge in [0.25, 0.3) is 0 Å². The molecule has 4 rings (SSSR count). The van der Waals surface area contributed by atoms with Gasteiger partial charge in [-0.05, 0) is 37.5 Å². The molecule has 2 aliphatic heterocycles. The first kappa shape index (κ1) is 13.5. The van der Waals surface area contributed by atoms with Crippen LogP contribution in [0.3, 0.4) is 0 Å². The Morgan fingerprint density at radius 3 is 2.81 bits per heavy atom. The van der Waals surface area contributed by atoms with E-state index in [1.807, 2.05) is 6.20 Å². The van der Waals surface area contributed by atoms with Crippen LogP contribution >= 0.6 is 0 Å². The highest BCUT2D eigenvalue weighted by Crippen LogP contribution is 2.40. The summed E-state index contributed by atoms with van der Waals surface area (Å²) in [7, 11) is 0. The number of anilines is 1. The number of rotatable bonds is 3. The van der Waals surface area contributed by atoms with Gasteiger partial charge < -0.3 is 10.1 Å². The molecule has 1 N–H and O–H groups in total.